The van der Waals surface area contributed by atoms with Crippen molar-refractivity contribution in [2.75, 3.05) is 11.1 Å². The molecule has 7 nitrogen and oxygen atoms in total. The molecule has 2 aromatic heterocycles. The van der Waals surface area contributed by atoms with Crippen molar-refractivity contribution in [2.45, 2.75) is 38.0 Å². The van der Waals surface area contributed by atoms with Gasteiger partial charge in [0.25, 0.3) is 5.91 Å². The number of hydrogen-bond donors (Lipinski definition) is 3. The van der Waals surface area contributed by atoms with Gasteiger partial charge in [0.2, 0.25) is 5.13 Å². The van der Waals surface area contributed by atoms with Crippen LogP contribution in [0.1, 0.15) is 41.4 Å². The molecule has 1 amide bonds. The second-order valence-electron chi connectivity index (χ2n) is 6.15. The molecule has 0 aliphatic rings. The Morgan fingerprint density at radius 2 is 2.04 bits per heavy atom. The van der Waals surface area contributed by atoms with Crippen LogP contribution in [-0.2, 0) is 0 Å². The lowest BCUT2D eigenvalue weighted by Gasteiger charge is -2.05. The van der Waals surface area contributed by atoms with Crippen LogP contribution in [0.3, 0.4) is 0 Å². The number of aryl methyl sites for hydroxylation is 2. The largest absolute Gasteiger partial charge is 0.507 e. The topological polar surface area (TPSA) is 104 Å². The number of phenolic OH excluding ortho intramolecular Hbond substituents is 1. The molecule has 0 aliphatic heterocycles. The average Bonchev–Trinajstić information content (AvgIpc) is 3.28. The van der Waals surface area contributed by atoms with Gasteiger partial charge in [-0.25, -0.2) is 0 Å². The van der Waals surface area contributed by atoms with Crippen molar-refractivity contribution >= 4 is 34.1 Å². The fourth-order valence-corrected chi connectivity index (χ4v) is 4.27. The zero-order valence-electron chi connectivity index (χ0n) is 15.4. The van der Waals surface area contributed by atoms with Gasteiger partial charge in [-0.3, -0.25) is 15.2 Å². The maximum Gasteiger partial charge on any atom is 0.275 e. The average molecular weight is 404 g/mol. The molecule has 0 aliphatic carbocycles. The Kier molecular flexibility index (Phi) is 6.12. The molecule has 0 saturated heterocycles. The standard InChI is InChI=1S/C18H21N5O2S2/c1-4-5-6-26-18-23-22-17(27-18)19-16(25)14-9-13(20-21-14)12-7-10(2)11(3)8-15(12)24/h7-9,24H,4-6H2,1-3H3,(H,20,21)(H,19,22,25). The number of aromatic nitrogens is 4. The predicted octanol–water partition coefficient (Wildman–Crippen LogP) is 4.40. The first-order valence-electron chi connectivity index (χ1n) is 8.61. The zero-order valence-corrected chi connectivity index (χ0v) is 17.0. The van der Waals surface area contributed by atoms with Crippen molar-refractivity contribution < 1.29 is 9.90 Å². The van der Waals surface area contributed by atoms with E-state index < -0.39 is 0 Å². The molecule has 0 bridgehead atoms. The minimum atomic E-state index is -0.349. The van der Waals surface area contributed by atoms with Crippen LogP contribution in [0, 0.1) is 13.8 Å². The van der Waals surface area contributed by atoms with Gasteiger partial charge in [-0.05, 0) is 49.6 Å². The van der Waals surface area contributed by atoms with E-state index in [-0.39, 0.29) is 17.4 Å². The number of amides is 1. The van der Waals surface area contributed by atoms with Crippen molar-refractivity contribution in [2.24, 2.45) is 0 Å². The summed E-state index contributed by atoms with van der Waals surface area (Å²) in [6.07, 6.45) is 2.25. The van der Waals surface area contributed by atoms with Crippen LogP contribution in [0.4, 0.5) is 5.13 Å². The maximum absolute atomic E-state index is 12.4. The highest BCUT2D eigenvalue weighted by molar-refractivity contribution is 8.01. The van der Waals surface area contributed by atoms with E-state index >= 15 is 0 Å². The van der Waals surface area contributed by atoms with Crippen LogP contribution < -0.4 is 5.32 Å². The van der Waals surface area contributed by atoms with E-state index in [4.69, 9.17) is 0 Å². The molecule has 27 heavy (non-hydrogen) atoms. The van der Waals surface area contributed by atoms with E-state index in [1.165, 1.54) is 11.3 Å². The summed E-state index contributed by atoms with van der Waals surface area (Å²) in [6, 6.07) is 5.16. The summed E-state index contributed by atoms with van der Waals surface area (Å²) in [6.45, 7) is 6.03. The van der Waals surface area contributed by atoms with Gasteiger partial charge >= 0.3 is 0 Å². The lowest BCUT2D eigenvalue weighted by atomic mass is 10.0. The molecule has 0 saturated carbocycles. The molecule has 0 atom stereocenters. The van der Waals surface area contributed by atoms with Crippen LogP contribution >= 0.6 is 23.1 Å². The third-order valence-electron chi connectivity index (χ3n) is 4.06. The summed E-state index contributed by atoms with van der Waals surface area (Å²) >= 11 is 2.99. The Balaban J connectivity index is 1.69. The fourth-order valence-electron chi connectivity index (χ4n) is 2.37. The Morgan fingerprint density at radius 1 is 1.26 bits per heavy atom. The molecule has 0 unspecified atom stereocenters. The smallest absolute Gasteiger partial charge is 0.275 e. The minimum absolute atomic E-state index is 0.134. The Morgan fingerprint density at radius 3 is 2.81 bits per heavy atom. The monoisotopic (exact) mass is 403 g/mol. The molecule has 9 heteroatoms. The quantitative estimate of drug-likeness (QED) is 0.307. The summed E-state index contributed by atoms with van der Waals surface area (Å²) in [4.78, 5) is 12.4. The highest BCUT2D eigenvalue weighted by atomic mass is 32.2. The number of nitrogens with zero attached hydrogens (tertiary/aromatic N) is 3. The number of phenols is 1. The van der Waals surface area contributed by atoms with E-state index in [1.807, 2.05) is 19.9 Å². The molecular formula is C18H21N5O2S2. The summed E-state index contributed by atoms with van der Waals surface area (Å²) in [5.74, 6) is 0.774. The van der Waals surface area contributed by atoms with Gasteiger partial charge in [-0.15, -0.1) is 10.2 Å². The van der Waals surface area contributed by atoms with Gasteiger partial charge in [0.15, 0.2) is 4.34 Å². The maximum atomic E-state index is 12.4. The van der Waals surface area contributed by atoms with Crippen molar-refractivity contribution in [1.29, 1.82) is 0 Å². The second kappa shape index (κ2) is 8.53. The van der Waals surface area contributed by atoms with Crippen molar-refractivity contribution in [3.05, 3.63) is 35.0 Å². The molecule has 142 valence electrons. The van der Waals surface area contributed by atoms with E-state index in [0.29, 0.717) is 16.4 Å². The number of unbranched alkanes of at least 4 members (excludes halogenated alkanes) is 1. The number of H-pyrrole nitrogens is 1. The van der Waals surface area contributed by atoms with Gasteiger partial charge in [0.1, 0.15) is 11.4 Å². The Labute approximate surface area is 165 Å². The summed E-state index contributed by atoms with van der Waals surface area (Å²) in [5.41, 5.74) is 3.41. The highest BCUT2D eigenvalue weighted by Crippen LogP contribution is 2.31. The molecule has 3 aromatic rings. The first-order chi connectivity index (χ1) is 13.0. The van der Waals surface area contributed by atoms with Crippen LogP contribution in [0.5, 0.6) is 5.75 Å². The zero-order chi connectivity index (χ0) is 19.4. The Bertz CT molecular complexity index is 951. The van der Waals surface area contributed by atoms with Crippen molar-refractivity contribution in [3.8, 4) is 17.0 Å². The third kappa shape index (κ3) is 4.67. The van der Waals surface area contributed by atoms with Crippen LogP contribution in [0.15, 0.2) is 22.5 Å². The van der Waals surface area contributed by atoms with E-state index in [9.17, 15) is 9.90 Å². The molecule has 0 radical (unpaired) electrons. The van der Waals surface area contributed by atoms with E-state index in [0.717, 1.165) is 34.1 Å². The van der Waals surface area contributed by atoms with Gasteiger partial charge in [-0.1, -0.05) is 36.4 Å². The number of carbonyl (C=O) groups excluding carboxylic acids is 1. The predicted molar refractivity (Wildman–Crippen MR) is 109 cm³/mol. The molecule has 0 fully saturated rings. The number of thioether (sulfide) groups is 1. The highest BCUT2D eigenvalue weighted by Gasteiger charge is 2.16. The fraction of sp³-hybridized carbons (Fsp3) is 0.333. The summed E-state index contributed by atoms with van der Waals surface area (Å²) < 4.78 is 0.837. The second-order valence-corrected chi connectivity index (χ2v) is 8.47. The lowest BCUT2D eigenvalue weighted by molar-refractivity contribution is 0.102. The van der Waals surface area contributed by atoms with Crippen LogP contribution in [0.25, 0.3) is 11.3 Å². The lowest BCUT2D eigenvalue weighted by Crippen LogP contribution is -2.12. The van der Waals surface area contributed by atoms with Crippen LogP contribution in [-0.4, -0.2) is 37.2 Å². The van der Waals surface area contributed by atoms with Crippen LogP contribution in [0.2, 0.25) is 0 Å². The third-order valence-corrected chi connectivity index (χ3v) is 6.12. The number of nitrogens with one attached hydrogen (secondary N) is 2. The number of hydrogen-bond acceptors (Lipinski definition) is 7. The summed E-state index contributed by atoms with van der Waals surface area (Å²) in [7, 11) is 0. The summed E-state index contributed by atoms with van der Waals surface area (Å²) in [5, 5.41) is 28.3. The van der Waals surface area contributed by atoms with Gasteiger partial charge in [-0.2, -0.15) is 5.10 Å². The van der Waals surface area contributed by atoms with Crippen molar-refractivity contribution in [3.63, 3.8) is 0 Å². The SMILES string of the molecule is CCCCSc1nnc(NC(=O)c2cc(-c3cc(C)c(C)cc3O)n[nH]2)s1. The minimum Gasteiger partial charge on any atom is -0.507 e. The number of benzene rings is 1. The molecule has 0 spiro atoms. The van der Waals surface area contributed by atoms with Gasteiger partial charge < -0.3 is 5.11 Å². The molecule has 3 rings (SSSR count). The number of carbonyl (C=O) groups is 1. The molecular weight excluding hydrogens is 382 g/mol. The number of aromatic hydroxyl groups is 1. The number of anilines is 1. The van der Waals surface area contributed by atoms with Crippen molar-refractivity contribution in [1.82, 2.24) is 20.4 Å². The first-order valence-corrected chi connectivity index (χ1v) is 10.4. The number of rotatable bonds is 7. The molecule has 3 N–H and O–H groups in total. The van der Waals surface area contributed by atoms with Gasteiger partial charge in [0.05, 0.1) is 5.69 Å². The molecule has 1 aromatic carbocycles. The normalized spacial score (nSPS) is 10.9. The van der Waals surface area contributed by atoms with Gasteiger partial charge in [0, 0.05) is 11.3 Å². The Hall–Kier alpha value is -2.39. The number of aromatic amines is 1. The van der Waals surface area contributed by atoms with E-state index in [2.05, 4.69) is 32.6 Å². The van der Waals surface area contributed by atoms with E-state index in [1.54, 1.807) is 23.9 Å². The molecule has 2 heterocycles. The first kappa shape index (κ1) is 19.4.